The zero-order chi connectivity index (χ0) is 16.3. The smallest absolute Gasteiger partial charge is 0.314 e. The Balaban J connectivity index is 3.85. The lowest BCUT2D eigenvalue weighted by atomic mass is 9.94. The highest BCUT2D eigenvalue weighted by atomic mass is 16.5. The second-order valence-corrected chi connectivity index (χ2v) is 5.25. The quantitative estimate of drug-likeness (QED) is 0.397. The fourth-order valence-electron chi connectivity index (χ4n) is 1.86. The van der Waals surface area contributed by atoms with Gasteiger partial charge in [-0.2, -0.15) is 0 Å². The number of nitrogens with two attached hydrogens (primary N) is 1. The van der Waals surface area contributed by atoms with Gasteiger partial charge in [0.15, 0.2) is 0 Å². The molecule has 0 aliphatic heterocycles. The van der Waals surface area contributed by atoms with Crippen LogP contribution < -0.4 is 16.4 Å². The van der Waals surface area contributed by atoms with Gasteiger partial charge in [-0.1, -0.05) is 13.8 Å². The molecule has 0 saturated carbocycles. The van der Waals surface area contributed by atoms with Crippen LogP contribution in [0.4, 0.5) is 4.79 Å². The van der Waals surface area contributed by atoms with Gasteiger partial charge in [-0.3, -0.25) is 9.59 Å². The summed E-state index contributed by atoms with van der Waals surface area (Å²) >= 11 is 0. The summed E-state index contributed by atoms with van der Waals surface area (Å²) in [4.78, 5) is 32.7. The topological polar surface area (TPSA) is 131 Å². The fourth-order valence-corrected chi connectivity index (χ4v) is 1.86. The first-order chi connectivity index (χ1) is 9.81. The van der Waals surface area contributed by atoms with Crippen molar-refractivity contribution in [2.45, 2.75) is 26.7 Å². The van der Waals surface area contributed by atoms with Gasteiger partial charge in [0.05, 0.1) is 6.61 Å². The molecule has 0 aromatic heterocycles. The van der Waals surface area contributed by atoms with Crippen LogP contribution in [0, 0.1) is 11.8 Å². The van der Waals surface area contributed by atoms with Gasteiger partial charge in [-0.05, 0) is 18.3 Å². The number of rotatable bonds is 11. The molecule has 0 aliphatic rings. The van der Waals surface area contributed by atoms with Crippen molar-refractivity contribution in [1.82, 2.24) is 10.6 Å². The molecule has 0 aromatic rings. The molecule has 8 heteroatoms. The number of amides is 3. The number of aliphatic carboxylic acids is 1. The summed E-state index contributed by atoms with van der Waals surface area (Å²) in [5.41, 5.74) is 4.88. The average Bonchev–Trinajstić information content (AvgIpc) is 2.33. The van der Waals surface area contributed by atoms with Crippen molar-refractivity contribution >= 4 is 17.9 Å². The Morgan fingerprint density at radius 1 is 1.24 bits per heavy atom. The van der Waals surface area contributed by atoms with E-state index in [1.165, 1.54) is 0 Å². The lowest BCUT2D eigenvalue weighted by Crippen LogP contribution is -2.40. The number of ether oxygens (including phenoxy) is 1. The van der Waals surface area contributed by atoms with E-state index in [1.54, 1.807) is 0 Å². The Kier molecular flexibility index (Phi) is 9.95. The summed E-state index contributed by atoms with van der Waals surface area (Å²) < 4.78 is 4.88. The van der Waals surface area contributed by atoms with Crippen LogP contribution in [0.25, 0.3) is 0 Å². The van der Waals surface area contributed by atoms with Crippen molar-refractivity contribution < 1.29 is 24.2 Å². The van der Waals surface area contributed by atoms with Gasteiger partial charge in [0.1, 0.15) is 6.61 Å². The van der Waals surface area contributed by atoms with Crippen LogP contribution in [-0.4, -0.2) is 49.3 Å². The van der Waals surface area contributed by atoms with E-state index < -0.39 is 17.9 Å². The third-order valence-electron chi connectivity index (χ3n) is 2.60. The monoisotopic (exact) mass is 303 g/mol. The fraction of sp³-hybridized carbons (Fsp3) is 0.769. The molecule has 1 unspecified atom stereocenters. The Morgan fingerprint density at radius 3 is 2.43 bits per heavy atom. The molecule has 0 fully saturated rings. The zero-order valence-electron chi connectivity index (χ0n) is 12.6. The van der Waals surface area contributed by atoms with Crippen molar-refractivity contribution in [3.05, 3.63) is 0 Å². The van der Waals surface area contributed by atoms with Gasteiger partial charge in [-0.25, -0.2) is 4.79 Å². The number of carboxylic acid groups (broad SMARTS) is 1. The number of nitrogens with one attached hydrogen (secondary N) is 2. The van der Waals surface area contributed by atoms with Gasteiger partial charge in [-0.15, -0.1) is 0 Å². The number of carboxylic acids is 1. The molecule has 8 nitrogen and oxygen atoms in total. The normalized spacial score (nSPS) is 12.0. The molecule has 1 atom stereocenters. The summed E-state index contributed by atoms with van der Waals surface area (Å²) in [5.74, 6) is -1.17. The summed E-state index contributed by atoms with van der Waals surface area (Å²) in [5, 5.41) is 14.0. The molecule has 21 heavy (non-hydrogen) atoms. The third kappa shape index (κ3) is 12.9. The van der Waals surface area contributed by atoms with E-state index in [-0.39, 0.29) is 32.1 Å². The second kappa shape index (κ2) is 10.9. The predicted molar refractivity (Wildman–Crippen MR) is 76.6 cm³/mol. The molecule has 0 saturated heterocycles. The van der Waals surface area contributed by atoms with Crippen LogP contribution in [0.3, 0.4) is 0 Å². The van der Waals surface area contributed by atoms with Crippen LogP contribution in [0.1, 0.15) is 26.7 Å². The number of urea groups is 1. The van der Waals surface area contributed by atoms with E-state index in [0.29, 0.717) is 12.5 Å². The van der Waals surface area contributed by atoms with Crippen molar-refractivity contribution in [3.63, 3.8) is 0 Å². The average molecular weight is 303 g/mol. The zero-order valence-corrected chi connectivity index (χ0v) is 12.6. The lowest BCUT2D eigenvalue weighted by Gasteiger charge is -2.18. The number of carbonyl (C=O) groups is 3. The molecule has 0 aliphatic carbocycles. The first kappa shape index (κ1) is 19.2. The molecular weight excluding hydrogens is 278 g/mol. The molecule has 0 bridgehead atoms. The number of hydrogen-bond donors (Lipinski definition) is 4. The minimum atomic E-state index is -0.872. The molecular formula is C13H25N3O5. The van der Waals surface area contributed by atoms with E-state index in [1.807, 2.05) is 13.8 Å². The van der Waals surface area contributed by atoms with E-state index in [9.17, 15) is 14.4 Å². The van der Waals surface area contributed by atoms with Crippen molar-refractivity contribution in [2.24, 2.45) is 17.6 Å². The van der Waals surface area contributed by atoms with Gasteiger partial charge >= 0.3 is 12.0 Å². The number of carbonyl (C=O) groups excluding carboxylic acids is 2. The van der Waals surface area contributed by atoms with E-state index in [4.69, 9.17) is 15.6 Å². The molecule has 0 rings (SSSR count). The van der Waals surface area contributed by atoms with Gasteiger partial charge in [0, 0.05) is 19.5 Å². The van der Waals surface area contributed by atoms with E-state index in [0.717, 1.165) is 6.42 Å². The molecule has 122 valence electrons. The van der Waals surface area contributed by atoms with Crippen LogP contribution in [0.5, 0.6) is 0 Å². The van der Waals surface area contributed by atoms with Crippen LogP contribution in [-0.2, 0) is 14.3 Å². The van der Waals surface area contributed by atoms with Gasteiger partial charge in [0.2, 0.25) is 5.91 Å². The van der Waals surface area contributed by atoms with E-state index in [2.05, 4.69) is 10.6 Å². The van der Waals surface area contributed by atoms with Gasteiger partial charge in [0.25, 0.3) is 0 Å². The largest absolute Gasteiger partial charge is 0.481 e. The lowest BCUT2D eigenvalue weighted by molar-refractivity contribution is -0.138. The standard InChI is InChI=1S/C13H25N3O5/c1-9(2)5-10(6-12(18)19)7-16-13(20)15-3-4-21-8-11(14)17/h9-10H,3-8H2,1-2H3,(H2,14,17)(H,18,19)(H2,15,16,20). The summed E-state index contributed by atoms with van der Waals surface area (Å²) in [7, 11) is 0. The SMILES string of the molecule is CC(C)CC(CNC(=O)NCCOCC(N)=O)CC(=O)O. The van der Waals surface area contributed by atoms with Crippen LogP contribution >= 0.6 is 0 Å². The van der Waals surface area contributed by atoms with Crippen molar-refractivity contribution in [2.75, 3.05) is 26.3 Å². The summed E-state index contributed by atoms with van der Waals surface area (Å²) in [6, 6.07) is -0.392. The van der Waals surface area contributed by atoms with Gasteiger partial charge < -0.3 is 26.2 Å². The molecule has 0 heterocycles. The molecule has 0 aromatic carbocycles. The Labute approximate surface area is 124 Å². The van der Waals surface area contributed by atoms with Crippen molar-refractivity contribution in [1.29, 1.82) is 0 Å². The second-order valence-electron chi connectivity index (χ2n) is 5.25. The summed E-state index contributed by atoms with van der Waals surface area (Å²) in [6.07, 6.45) is 0.758. The number of primary amides is 1. The molecule has 5 N–H and O–H groups in total. The minimum absolute atomic E-state index is 0.0280. The highest BCUT2D eigenvalue weighted by Crippen LogP contribution is 2.14. The first-order valence-electron chi connectivity index (χ1n) is 6.90. The van der Waals surface area contributed by atoms with E-state index >= 15 is 0 Å². The number of hydrogen-bond acceptors (Lipinski definition) is 4. The highest BCUT2D eigenvalue weighted by Gasteiger charge is 2.15. The van der Waals surface area contributed by atoms with Crippen LogP contribution in [0.2, 0.25) is 0 Å². The highest BCUT2D eigenvalue weighted by molar-refractivity contribution is 5.75. The van der Waals surface area contributed by atoms with Crippen molar-refractivity contribution in [3.8, 4) is 0 Å². The van der Waals surface area contributed by atoms with Crippen LogP contribution in [0.15, 0.2) is 0 Å². The Morgan fingerprint density at radius 2 is 1.90 bits per heavy atom. The molecule has 0 spiro atoms. The Hall–Kier alpha value is -1.83. The third-order valence-corrected chi connectivity index (χ3v) is 2.60. The Bertz CT molecular complexity index is 347. The maximum absolute atomic E-state index is 11.5. The minimum Gasteiger partial charge on any atom is -0.481 e. The maximum Gasteiger partial charge on any atom is 0.314 e. The first-order valence-corrected chi connectivity index (χ1v) is 6.90. The molecule has 0 radical (unpaired) electrons. The predicted octanol–water partition coefficient (Wildman–Crippen LogP) is -0.0755. The maximum atomic E-state index is 11.5. The summed E-state index contributed by atoms with van der Waals surface area (Å²) in [6.45, 7) is 4.56. The molecule has 3 amide bonds.